The Labute approximate surface area is 335 Å². The third-order valence-corrected chi connectivity index (χ3v) is 12.7. The highest BCUT2D eigenvalue weighted by atomic mass is 16.3. The number of imide groups is 1. The van der Waals surface area contributed by atoms with Gasteiger partial charge in [0.25, 0.3) is 0 Å². The van der Waals surface area contributed by atoms with Crippen molar-refractivity contribution >= 4 is 40.7 Å². The SMILES string of the molecule is Cc1ccc(N2CCN(CC3CCN(c4ccc(C5=C(c6cn(C)nc6C)CCCc6cc(O)ccc65)cc4)CC3)CC2)cc1CN(C=O)C1CCC(=O)NC1=O. The van der Waals surface area contributed by atoms with Gasteiger partial charge in [-0.15, -0.1) is 0 Å². The van der Waals surface area contributed by atoms with Crippen LogP contribution in [0, 0.1) is 19.8 Å². The van der Waals surface area contributed by atoms with Gasteiger partial charge in [-0.25, -0.2) is 0 Å². The lowest BCUT2D eigenvalue weighted by Crippen LogP contribution is -2.51. The highest BCUT2D eigenvalue weighted by molar-refractivity contribution is 6.01. The van der Waals surface area contributed by atoms with Crippen LogP contribution in [0.4, 0.5) is 11.4 Å². The third-order valence-electron chi connectivity index (χ3n) is 12.7. The van der Waals surface area contributed by atoms with E-state index in [-0.39, 0.29) is 12.3 Å². The summed E-state index contributed by atoms with van der Waals surface area (Å²) in [5, 5.41) is 17.4. The Morgan fingerprint density at radius 1 is 0.842 bits per heavy atom. The molecule has 298 valence electrons. The summed E-state index contributed by atoms with van der Waals surface area (Å²) >= 11 is 0. The van der Waals surface area contributed by atoms with Crippen LogP contribution in [0.5, 0.6) is 5.75 Å². The molecular formula is C46H55N7O4. The number of aromatic hydroxyl groups is 1. The van der Waals surface area contributed by atoms with Gasteiger partial charge in [-0.3, -0.25) is 29.3 Å². The smallest absolute Gasteiger partial charge is 0.249 e. The Morgan fingerprint density at radius 2 is 1.58 bits per heavy atom. The zero-order valence-electron chi connectivity index (χ0n) is 33.5. The highest BCUT2D eigenvalue weighted by Crippen LogP contribution is 2.42. The molecule has 11 heteroatoms. The lowest BCUT2D eigenvalue weighted by Gasteiger charge is -2.40. The Bertz CT molecular complexity index is 2160. The molecule has 57 heavy (non-hydrogen) atoms. The molecule has 4 aromatic rings. The van der Waals surface area contributed by atoms with Crippen LogP contribution in [0.15, 0.2) is 66.9 Å². The van der Waals surface area contributed by atoms with E-state index in [2.05, 4.69) is 86.8 Å². The standard InChI is InChI=1S/C46H55N7O4/c1-31-7-10-38(25-36(31)28-53(30-54)43-15-16-44(56)47-46(43)57)52-23-21-50(22-24-52)27-33-17-19-51(20-18-33)37-11-8-34(9-12-37)45-40-14-13-39(55)26-35(40)5-4-6-41(45)42-29-49(3)48-32(42)2/h7-14,25-26,29-30,33,43,55H,4-6,15-24,27-28H2,1-3H3,(H,47,56,57). The number of allylic oxidation sites excluding steroid dienone is 1. The molecule has 8 rings (SSSR count). The molecule has 11 nitrogen and oxygen atoms in total. The van der Waals surface area contributed by atoms with Gasteiger partial charge < -0.3 is 19.8 Å². The van der Waals surface area contributed by atoms with Gasteiger partial charge in [0, 0.05) is 89.0 Å². The van der Waals surface area contributed by atoms with Crippen molar-refractivity contribution in [1.29, 1.82) is 0 Å². The number of anilines is 2. The second-order valence-corrected chi connectivity index (χ2v) is 16.5. The fourth-order valence-electron chi connectivity index (χ4n) is 9.48. The number of hydrogen-bond acceptors (Lipinski definition) is 8. The van der Waals surface area contributed by atoms with Crippen molar-refractivity contribution in [3.05, 3.63) is 106 Å². The van der Waals surface area contributed by atoms with Crippen molar-refractivity contribution in [2.24, 2.45) is 13.0 Å². The number of nitrogens with zero attached hydrogens (tertiary/aromatic N) is 6. The first kappa shape index (κ1) is 38.5. The summed E-state index contributed by atoms with van der Waals surface area (Å²) in [5.41, 5.74) is 13.0. The normalized spacial score (nSPS) is 19.7. The van der Waals surface area contributed by atoms with Gasteiger partial charge in [-0.2, -0.15) is 5.10 Å². The largest absolute Gasteiger partial charge is 0.508 e. The molecule has 0 saturated carbocycles. The van der Waals surface area contributed by atoms with E-state index in [1.807, 2.05) is 30.8 Å². The first-order chi connectivity index (χ1) is 27.6. The van der Waals surface area contributed by atoms with E-state index in [0.29, 0.717) is 24.6 Å². The lowest BCUT2D eigenvalue weighted by atomic mass is 9.87. The van der Waals surface area contributed by atoms with Crippen molar-refractivity contribution in [3.8, 4) is 5.75 Å². The number of rotatable bonds is 10. The van der Waals surface area contributed by atoms with E-state index >= 15 is 0 Å². The number of piperazine rings is 1. The first-order valence-corrected chi connectivity index (χ1v) is 20.7. The summed E-state index contributed by atoms with van der Waals surface area (Å²) in [5.74, 6) is 0.320. The summed E-state index contributed by atoms with van der Waals surface area (Å²) < 4.78 is 1.91. The minimum atomic E-state index is -0.624. The molecule has 3 saturated heterocycles. The number of carbonyl (C=O) groups excluding carboxylic acids is 3. The molecule has 0 spiro atoms. The molecule has 1 unspecified atom stereocenters. The number of piperidine rings is 2. The summed E-state index contributed by atoms with van der Waals surface area (Å²) in [6.45, 7) is 11.6. The van der Waals surface area contributed by atoms with Gasteiger partial charge in [-0.1, -0.05) is 24.3 Å². The number of benzene rings is 3. The molecule has 3 aromatic carbocycles. The number of fused-ring (bicyclic) bond motifs is 1. The second kappa shape index (κ2) is 16.6. The van der Waals surface area contributed by atoms with Crippen LogP contribution in [0.1, 0.15) is 77.6 Å². The summed E-state index contributed by atoms with van der Waals surface area (Å²) in [6, 6.07) is 20.8. The predicted molar refractivity (Wildman–Crippen MR) is 224 cm³/mol. The van der Waals surface area contributed by atoms with Crippen molar-refractivity contribution in [2.45, 2.75) is 71.4 Å². The molecule has 4 heterocycles. The summed E-state index contributed by atoms with van der Waals surface area (Å²) in [6.07, 6.45) is 8.75. The topological polar surface area (TPSA) is 114 Å². The molecular weight excluding hydrogens is 715 g/mol. The van der Waals surface area contributed by atoms with Gasteiger partial charge in [0.2, 0.25) is 18.2 Å². The van der Waals surface area contributed by atoms with Crippen LogP contribution in [-0.4, -0.2) is 94.8 Å². The fraction of sp³-hybridized carbons (Fsp3) is 0.435. The van der Waals surface area contributed by atoms with Gasteiger partial charge >= 0.3 is 0 Å². The third kappa shape index (κ3) is 8.35. The molecule has 2 N–H and O–H groups in total. The molecule has 3 aliphatic heterocycles. The maximum absolute atomic E-state index is 12.5. The number of hydrogen-bond donors (Lipinski definition) is 2. The van der Waals surface area contributed by atoms with Crippen LogP contribution in [0.2, 0.25) is 0 Å². The number of carbonyl (C=O) groups is 3. The molecule has 3 fully saturated rings. The Kier molecular flexibility index (Phi) is 11.2. The average molecular weight is 770 g/mol. The number of phenolic OH excluding ortho intramolecular Hbond substituents is 1. The molecule has 1 aromatic heterocycles. The Hall–Kier alpha value is -5.42. The van der Waals surface area contributed by atoms with Gasteiger partial charge in [-0.05, 0) is 134 Å². The van der Waals surface area contributed by atoms with Crippen LogP contribution in [0.3, 0.4) is 0 Å². The van der Waals surface area contributed by atoms with Crippen LogP contribution >= 0.6 is 0 Å². The molecule has 3 amide bonds. The molecule has 1 atom stereocenters. The molecule has 0 bridgehead atoms. The molecule has 4 aliphatic rings. The fourth-order valence-corrected chi connectivity index (χ4v) is 9.48. The number of phenols is 1. The first-order valence-electron chi connectivity index (χ1n) is 20.7. The van der Waals surface area contributed by atoms with Gasteiger partial charge in [0.15, 0.2) is 0 Å². The number of nitrogens with one attached hydrogen (secondary N) is 1. The van der Waals surface area contributed by atoms with Gasteiger partial charge in [0.05, 0.1) is 5.69 Å². The van der Waals surface area contributed by atoms with E-state index in [1.165, 1.54) is 56.8 Å². The van der Waals surface area contributed by atoms with E-state index in [0.717, 1.165) is 94.0 Å². The van der Waals surface area contributed by atoms with Gasteiger partial charge in [0.1, 0.15) is 11.8 Å². The number of amides is 3. The second-order valence-electron chi connectivity index (χ2n) is 16.5. The van der Waals surface area contributed by atoms with Crippen LogP contribution in [-0.2, 0) is 34.4 Å². The quantitative estimate of drug-likeness (QED) is 0.153. The maximum atomic E-state index is 12.5. The Balaban J connectivity index is 0.868. The minimum Gasteiger partial charge on any atom is -0.508 e. The van der Waals surface area contributed by atoms with Crippen LogP contribution < -0.4 is 15.1 Å². The van der Waals surface area contributed by atoms with Crippen molar-refractivity contribution < 1.29 is 19.5 Å². The zero-order chi connectivity index (χ0) is 39.6. The zero-order valence-corrected chi connectivity index (χ0v) is 33.5. The lowest BCUT2D eigenvalue weighted by molar-refractivity contribution is -0.141. The van der Waals surface area contributed by atoms with Crippen molar-refractivity contribution in [3.63, 3.8) is 0 Å². The van der Waals surface area contributed by atoms with E-state index < -0.39 is 11.9 Å². The maximum Gasteiger partial charge on any atom is 0.249 e. The van der Waals surface area contributed by atoms with Crippen LogP contribution in [0.25, 0.3) is 11.1 Å². The monoisotopic (exact) mass is 769 g/mol. The summed E-state index contributed by atoms with van der Waals surface area (Å²) in [4.78, 5) is 45.3. The van der Waals surface area contributed by atoms with E-state index in [1.54, 1.807) is 0 Å². The molecule has 0 radical (unpaired) electrons. The highest BCUT2D eigenvalue weighted by Gasteiger charge is 2.32. The predicted octanol–water partition coefficient (Wildman–Crippen LogP) is 5.84. The average Bonchev–Trinajstić information content (AvgIpc) is 3.44. The minimum absolute atomic E-state index is 0.245. The van der Waals surface area contributed by atoms with E-state index in [4.69, 9.17) is 0 Å². The molecule has 1 aliphatic carbocycles. The Morgan fingerprint density at radius 3 is 2.28 bits per heavy atom. The van der Waals surface area contributed by atoms with E-state index in [9.17, 15) is 19.5 Å². The van der Waals surface area contributed by atoms with Crippen molar-refractivity contribution in [2.75, 3.05) is 55.6 Å². The number of aromatic nitrogens is 2. The number of aryl methyl sites for hydroxylation is 4. The summed E-state index contributed by atoms with van der Waals surface area (Å²) in [7, 11) is 1.99. The van der Waals surface area contributed by atoms with Crippen molar-refractivity contribution in [1.82, 2.24) is 24.9 Å².